The van der Waals surface area contributed by atoms with Crippen LogP contribution in [0.1, 0.15) is 20.3 Å². The van der Waals surface area contributed by atoms with Crippen molar-refractivity contribution < 1.29 is 9.53 Å². The summed E-state index contributed by atoms with van der Waals surface area (Å²) in [6.07, 6.45) is 2.48. The fourth-order valence-electron chi connectivity index (χ4n) is 1.24. The number of hydrogen-bond donors (Lipinski definition) is 1. The van der Waals surface area contributed by atoms with E-state index in [0.717, 1.165) is 17.3 Å². The number of methoxy groups -OCH3 is 1. The number of aromatic nitrogens is 2. The number of rotatable bonds is 7. The first-order chi connectivity index (χ1) is 8.12. The lowest BCUT2D eigenvalue weighted by molar-refractivity contribution is -0.146. The number of hydrogen-bond acceptors (Lipinski definition) is 7. The Kier molecular flexibility index (Phi) is 5.87. The molecule has 0 spiro atoms. The van der Waals surface area contributed by atoms with E-state index in [-0.39, 0.29) is 5.97 Å². The summed E-state index contributed by atoms with van der Waals surface area (Å²) in [5, 5.41) is 3.22. The molecule has 1 N–H and O–H groups in total. The molecule has 0 aromatic carbocycles. The maximum absolute atomic E-state index is 11.8. The van der Waals surface area contributed by atoms with Crippen molar-refractivity contribution in [2.45, 2.75) is 30.1 Å². The fourth-order valence-corrected chi connectivity index (χ4v) is 2.79. The van der Waals surface area contributed by atoms with Crippen LogP contribution >= 0.6 is 23.3 Å². The van der Waals surface area contributed by atoms with Crippen LogP contribution in [0.2, 0.25) is 0 Å². The average molecular weight is 275 g/mol. The van der Waals surface area contributed by atoms with Crippen molar-refractivity contribution in [3.63, 3.8) is 0 Å². The molecule has 0 saturated carbocycles. The zero-order valence-corrected chi connectivity index (χ0v) is 11.9. The molecule has 1 rings (SSSR count). The lowest BCUT2D eigenvalue weighted by atomic mass is 10.1. The quantitative estimate of drug-likeness (QED) is 0.602. The van der Waals surface area contributed by atoms with E-state index >= 15 is 0 Å². The molecule has 0 fully saturated rings. The van der Waals surface area contributed by atoms with E-state index in [1.54, 1.807) is 0 Å². The van der Waals surface area contributed by atoms with E-state index < -0.39 is 5.54 Å². The monoisotopic (exact) mass is 275 g/mol. The van der Waals surface area contributed by atoms with Gasteiger partial charge in [-0.1, -0.05) is 18.7 Å². The summed E-state index contributed by atoms with van der Waals surface area (Å²) in [5.74, 6) is 0.331. The van der Waals surface area contributed by atoms with Gasteiger partial charge in [0.05, 0.1) is 7.11 Å². The van der Waals surface area contributed by atoms with Crippen LogP contribution in [0.25, 0.3) is 0 Å². The number of nitrogens with one attached hydrogen (secondary N) is 1. The molecule has 1 aromatic heterocycles. The van der Waals surface area contributed by atoms with Crippen molar-refractivity contribution in [2.24, 2.45) is 0 Å². The van der Waals surface area contributed by atoms with E-state index in [0.29, 0.717) is 5.75 Å². The highest BCUT2D eigenvalue weighted by molar-refractivity contribution is 8.01. The molecule has 1 unspecified atom stereocenters. The molecule has 0 saturated heterocycles. The van der Waals surface area contributed by atoms with Gasteiger partial charge in [-0.15, -0.1) is 0 Å². The van der Waals surface area contributed by atoms with Crippen LogP contribution in [0.4, 0.5) is 0 Å². The second kappa shape index (κ2) is 6.93. The predicted molar refractivity (Wildman–Crippen MR) is 69.3 cm³/mol. The molecule has 0 aliphatic heterocycles. The zero-order chi connectivity index (χ0) is 12.7. The van der Waals surface area contributed by atoms with Crippen LogP contribution in [0.5, 0.6) is 0 Å². The van der Waals surface area contributed by atoms with E-state index in [1.165, 1.54) is 36.7 Å². The van der Waals surface area contributed by atoms with E-state index in [9.17, 15) is 4.79 Å². The molecule has 5 nitrogen and oxygen atoms in total. The molecule has 1 atom stereocenters. The number of carbonyl (C=O) groups is 1. The van der Waals surface area contributed by atoms with E-state index in [2.05, 4.69) is 21.6 Å². The normalized spacial score (nSPS) is 14.3. The lowest BCUT2D eigenvalue weighted by Gasteiger charge is -2.27. The molecular weight excluding hydrogens is 258 g/mol. The highest BCUT2D eigenvalue weighted by Gasteiger charge is 2.34. The van der Waals surface area contributed by atoms with Crippen LogP contribution in [0.15, 0.2) is 10.7 Å². The first-order valence-corrected chi connectivity index (χ1v) is 7.11. The van der Waals surface area contributed by atoms with Crippen molar-refractivity contribution in [1.82, 2.24) is 14.7 Å². The van der Waals surface area contributed by atoms with Gasteiger partial charge in [-0.25, -0.2) is 4.98 Å². The largest absolute Gasteiger partial charge is 0.468 e. The van der Waals surface area contributed by atoms with Gasteiger partial charge in [0.2, 0.25) is 0 Å². The minimum Gasteiger partial charge on any atom is -0.468 e. The highest BCUT2D eigenvalue weighted by atomic mass is 32.2. The molecule has 7 heteroatoms. The second-order valence-electron chi connectivity index (χ2n) is 3.75. The standard InChI is InChI=1S/C10H17N3O2S2/c1-4-5-12-10(2,8(14)15-3)6-16-9-11-7-13-17-9/h7,12H,4-6H2,1-3H3. The van der Waals surface area contributed by atoms with Gasteiger partial charge in [0.25, 0.3) is 0 Å². The van der Waals surface area contributed by atoms with Crippen molar-refractivity contribution >= 4 is 29.3 Å². The van der Waals surface area contributed by atoms with Crippen LogP contribution in [0.3, 0.4) is 0 Å². The van der Waals surface area contributed by atoms with Gasteiger partial charge in [-0.2, -0.15) is 4.37 Å². The third-order valence-corrected chi connectivity index (χ3v) is 4.34. The van der Waals surface area contributed by atoms with Gasteiger partial charge in [0.15, 0.2) is 4.34 Å². The van der Waals surface area contributed by atoms with Crippen LogP contribution in [-0.2, 0) is 9.53 Å². The molecule has 1 aromatic rings. The summed E-state index contributed by atoms with van der Waals surface area (Å²) >= 11 is 2.84. The van der Waals surface area contributed by atoms with Crippen molar-refractivity contribution in [3.8, 4) is 0 Å². The van der Waals surface area contributed by atoms with Crippen LogP contribution < -0.4 is 5.32 Å². The molecule has 0 radical (unpaired) electrons. The molecule has 0 aliphatic rings. The molecule has 1 heterocycles. The first-order valence-electron chi connectivity index (χ1n) is 5.35. The molecule has 0 aliphatic carbocycles. The maximum atomic E-state index is 11.8. The fraction of sp³-hybridized carbons (Fsp3) is 0.700. The average Bonchev–Trinajstić information content (AvgIpc) is 2.86. The van der Waals surface area contributed by atoms with Crippen molar-refractivity contribution in [3.05, 3.63) is 6.33 Å². The summed E-state index contributed by atoms with van der Waals surface area (Å²) in [4.78, 5) is 15.8. The van der Waals surface area contributed by atoms with Gasteiger partial charge >= 0.3 is 5.97 Å². The Labute approximate surface area is 110 Å². The summed E-state index contributed by atoms with van der Waals surface area (Å²) in [6.45, 7) is 4.69. The molecule has 0 bridgehead atoms. The third-order valence-electron chi connectivity index (χ3n) is 2.23. The summed E-state index contributed by atoms with van der Waals surface area (Å²) in [7, 11) is 1.41. The second-order valence-corrected chi connectivity index (χ2v) is 5.75. The Morgan fingerprint density at radius 1 is 1.71 bits per heavy atom. The minimum atomic E-state index is -0.679. The molecule has 96 valence electrons. The van der Waals surface area contributed by atoms with Crippen LogP contribution in [0, 0.1) is 0 Å². The number of carbonyl (C=O) groups excluding carboxylic acids is 1. The van der Waals surface area contributed by atoms with Crippen molar-refractivity contribution in [2.75, 3.05) is 19.4 Å². The smallest absolute Gasteiger partial charge is 0.326 e. The van der Waals surface area contributed by atoms with Crippen molar-refractivity contribution in [1.29, 1.82) is 0 Å². The minimum absolute atomic E-state index is 0.247. The van der Waals surface area contributed by atoms with Gasteiger partial charge in [-0.05, 0) is 31.4 Å². The Morgan fingerprint density at radius 3 is 3.00 bits per heavy atom. The Balaban J connectivity index is 2.59. The van der Waals surface area contributed by atoms with Gasteiger partial charge < -0.3 is 10.1 Å². The molecular formula is C10H17N3O2S2. The summed E-state index contributed by atoms with van der Waals surface area (Å²) in [6, 6.07) is 0. The Bertz CT molecular complexity index is 345. The number of esters is 1. The van der Waals surface area contributed by atoms with Crippen LogP contribution in [-0.4, -0.2) is 40.3 Å². The number of thioether (sulfide) groups is 1. The number of nitrogens with zero attached hydrogens (tertiary/aromatic N) is 2. The Hall–Kier alpha value is -0.660. The van der Waals surface area contributed by atoms with E-state index in [4.69, 9.17) is 4.74 Å². The highest BCUT2D eigenvalue weighted by Crippen LogP contribution is 2.23. The molecule has 0 amide bonds. The number of ether oxygens (including phenoxy) is 1. The predicted octanol–water partition coefficient (Wildman–Crippen LogP) is 1.56. The third kappa shape index (κ3) is 4.25. The summed E-state index contributed by atoms with van der Waals surface area (Å²) < 4.78 is 9.62. The topological polar surface area (TPSA) is 64.1 Å². The maximum Gasteiger partial charge on any atom is 0.326 e. The lowest BCUT2D eigenvalue weighted by Crippen LogP contribution is -2.52. The SMILES string of the molecule is CCCNC(C)(CSc1ncns1)C(=O)OC. The summed E-state index contributed by atoms with van der Waals surface area (Å²) in [5.41, 5.74) is -0.679. The van der Waals surface area contributed by atoms with Gasteiger partial charge in [0, 0.05) is 5.75 Å². The first kappa shape index (κ1) is 14.4. The molecule has 17 heavy (non-hydrogen) atoms. The zero-order valence-electron chi connectivity index (χ0n) is 10.2. The Morgan fingerprint density at radius 2 is 2.47 bits per heavy atom. The van der Waals surface area contributed by atoms with E-state index in [1.807, 2.05) is 6.92 Å². The van der Waals surface area contributed by atoms with Gasteiger partial charge in [0.1, 0.15) is 11.9 Å². The van der Waals surface area contributed by atoms with Gasteiger partial charge in [-0.3, -0.25) is 4.79 Å².